The van der Waals surface area contributed by atoms with Gasteiger partial charge >= 0.3 is 0 Å². The summed E-state index contributed by atoms with van der Waals surface area (Å²) in [6.07, 6.45) is 4.84. The van der Waals surface area contributed by atoms with E-state index in [1.54, 1.807) is 0 Å². The van der Waals surface area contributed by atoms with Crippen LogP contribution in [0.4, 0.5) is 0 Å². The Kier molecular flexibility index (Phi) is 2.00. The van der Waals surface area contributed by atoms with Crippen molar-refractivity contribution in [3.8, 4) is 5.75 Å². The summed E-state index contributed by atoms with van der Waals surface area (Å²) in [5.41, 5.74) is 2.72. The van der Waals surface area contributed by atoms with Gasteiger partial charge in [0.2, 0.25) is 0 Å². The summed E-state index contributed by atoms with van der Waals surface area (Å²) in [5, 5.41) is 0. The second kappa shape index (κ2) is 3.15. The zero-order chi connectivity index (χ0) is 8.39. The first-order valence-corrected chi connectivity index (χ1v) is 4.39. The average molecular weight is 163 g/mol. The standard InChI is InChI=1S/C10H13NO/c11-12-10-7-3-5-8-4-1-2-6-9(8)10/h3,5,7H,1-2,4,6,11H2. The van der Waals surface area contributed by atoms with E-state index < -0.39 is 0 Å². The van der Waals surface area contributed by atoms with Gasteiger partial charge in [0.05, 0.1) is 0 Å². The van der Waals surface area contributed by atoms with Crippen LogP contribution >= 0.6 is 0 Å². The quantitative estimate of drug-likeness (QED) is 0.641. The van der Waals surface area contributed by atoms with Gasteiger partial charge in [-0.25, -0.2) is 0 Å². The van der Waals surface area contributed by atoms with Crippen molar-refractivity contribution < 1.29 is 4.84 Å². The minimum Gasteiger partial charge on any atom is -0.411 e. The van der Waals surface area contributed by atoms with Crippen LogP contribution in [0.5, 0.6) is 5.75 Å². The van der Waals surface area contributed by atoms with E-state index in [0.717, 1.165) is 12.2 Å². The SMILES string of the molecule is NOc1cccc2c1CCCC2. The van der Waals surface area contributed by atoms with E-state index in [1.807, 2.05) is 12.1 Å². The van der Waals surface area contributed by atoms with E-state index in [0.29, 0.717) is 0 Å². The van der Waals surface area contributed by atoms with Crippen molar-refractivity contribution in [2.45, 2.75) is 25.7 Å². The maximum Gasteiger partial charge on any atom is 0.150 e. The monoisotopic (exact) mass is 163 g/mol. The third kappa shape index (κ3) is 1.18. The van der Waals surface area contributed by atoms with Gasteiger partial charge in [0, 0.05) is 0 Å². The molecule has 0 spiro atoms. The number of fused-ring (bicyclic) bond motifs is 1. The highest BCUT2D eigenvalue weighted by Gasteiger charge is 2.12. The highest BCUT2D eigenvalue weighted by atomic mass is 16.6. The smallest absolute Gasteiger partial charge is 0.150 e. The molecule has 0 aromatic heterocycles. The van der Waals surface area contributed by atoms with Crippen LogP contribution in [0.25, 0.3) is 0 Å². The molecular formula is C10H13NO. The molecule has 12 heavy (non-hydrogen) atoms. The molecule has 0 atom stereocenters. The van der Waals surface area contributed by atoms with E-state index in [2.05, 4.69) is 6.07 Å². The molecule has 0 saturated carbocycles. The number of aryl methyl sites for hydroxylation is 1. The molecule has 1 aliphatic carbocycles. The molecular weight excluding hydrogens is 150 g/mol. The minimum absolute atomic E-state index is 0.854. The van der Waals surface area contributed by atoms with Gasteiger partial charge in [0.1, 0.15) is 5.75 Å². The van der Waals surface area contributed by atoms with Gasteiger partial charge in [0.25, 0.3) is 0 Å². The summed E-state index contributed by atoms with van der Waals surface area (Å²) < 4.78 is 0. The predicted octanol–water partition coefficient (Wildman–Crippen LogP) is 1.82. The molecule has 2 N–H and O–H groups in total. The molecule has 1 aromatic carbocycles. The lowest BCUT2D eigenvalue weighted by Gasteiger charge is -2.17. The van der Waals surface area contributed by atoms with Crippen molar-refractivity contribution in [3.63, 3.8) is 0 Å². The molecule has 0 amide bonds. The summed E-state index contributed by atoms with van der Waals surface area (Å²) in [7, 11) is 0. The topological polar surface area (TPSA) is 35.2 Å². The van der Waals surface area contributed by atoms with Gasteiger partial charge in [0.15, 0.2) is 0 Å². The maximum absolute atomic E-state index is 5.17. The van der Waals surface area contributed by atoms with Gasteiger partial charge in [-0.15, -0.1) is 0 Å². The van der Waals surface area contributed by atoms with E-state index in [-0.39, 0.29) is 0 Å². The maximum atomic E-state index is 5.17. The fourth-order valence-corrected chi connectivity index (χ4v) is 1.86. The van der Waals surface area contributed by atoms with Crippen LogP contribution in [-0.4, -0.2) is 0 Å². The molecule has 2 nitrogen and oxygen atoms in total. The van der Waals surface area contributed by atoms with Gasteiger partial charge in [-0.1, -0.05) is 12.1 Å². The number of benzene rings is 1. The molecule has 0 heterocycles. The van der Waals surface area contributed by atoms with Crippen LogP contribution in [-0.2, 0) is 12.8 Å². The Balaban J connectivity index is 2.44. The molecule has 0 aliphatic heterocycles. The van der Waals surface area contributed by atoms with Crippen LogP contribution in [0.1, 0.15) is 24.0 Å². The summed E-state index contributed by atoms with van der Waals surface area (Å²) in [6, 6.07) is 6.10. The second-order valence-electron chi connectivity index (χ2n) is 3.22. The number of hydrogen-bond donors (Lipinski definition) is 1. The molecule has 1 aliphatic rings. The van der Waals surface area contributed by atoms with E-state index in [9.17, 15) is 0 Å². The molecule has 1 aromatic rings. The first-order chi connectivity index (χ1) is 5.92. The second-order valence-corrected chi connectivity index (χ2v) is 3.22. The van der Waals surface area contributed by atoms with Crippen molar-refractivity contribution in [1.82, 2.24) is 0 Å². The Morgan fingerprint density at radius 1 is 1.17 bits per heavy atom. The first kappa shape index (κ1) is 7.62. The Morgan fingerprint density at radius 2 is 2.00 bits per heavy atom. The summed E-state index contributed by atoms with van der Waals surface area (Å²) in [5.74, 6) is 6.03. The molecule has 0 radical (unpaired) electrons. The van der Waals surface area contributed by atoms with Crippen LogP contribution < -0.4 is 10.7 Å². The molecule has 64 valence electrons. The molecule has 0 fully saturated rings. The van der Waals surface area contributed by atoms with Gasteiger partial charge in [-0.2, -0.15) is 5.90 Å². The number of rotatable bonds is 1. The lowest BCUT2D eigenvalue weighted by atomic mass is 9.91. The van der Waals surface area contributed by atoms with Crippen LogP contribution in [0.2, 0.25) is 0 Å². The Hall–Kier alpha value is -1.02. The van der Waals surface area contributed by atoms with Crippen molar-refractivity contribution in [1.29, 1.82) is 0 Å². The van der Waals surface area contributed by atoms with Crippen LogP contribution in [0.3, 0.4) is 0 Å². The van der Waals surface area contributed by atoms with Crippen LogP contribution in [0, 0.1) is 0 Å². The third-order valence-corrected chi connectivity index (χ3v) is 2.48. The van der Waals surface area contributed by atoms with Crippen LogP contribution in [0.15, 0.2) is 18.2 Å². The van der Waals surface area contributed by atoms with E-state index in [4.69, 9.17) is 10.7 Å². The van der Waals surface area contributed by atoms with Crippen molar-refractivity contribution in [3.05, 3.63) is 29.3 Å². The third-order valence-electron chi connectivity index (χ3n) is 2.48. The largest absolute Gasteiger partial charge is 0.411 e. The van der Waals surface area contributed by atoms with Crippen molar-refractivity contribution >= 4 is 0 Å². The minimum atomic E-state index is 0.854. The van der Waals surface area contributed by atoms with Gasteiger partial charge < -0.3 is 4.84 Å². The van der Waals surface area contributed by atoms with Crippen molar-refractivity contribution in [2.75, 3.05) is 0 Å². The van der Waals surface area contributed by atoms with E-state index in [1.165, 1.54) is 30.4 Å². The Labute approximate surface area is 72.3 Å². The fourth-order valence-electron chi connectivity index (χ4n) is 1.86. The summed E-state index contributed by atoms with van der Waals surface area (Å²) in [4.78, 5) is 4.81. The Bertz CT molecular complexity index is 269. The van der Waals surface area contributed by atoms with Gasteiger partial charge in [-0.05, 0) is 42.9 Å². The summed E-state index contributed by atoms with van der Waals surface area (Å²) >= 11 is 0. The predicted molar refractivity (Wildman–Crippen MR) is 47.9 cm³/mol. The van der Waals surface area contributed by atoms with Crippen molar-refractivity contribution in [2.24, 2.45) is 5.90 Å². The summed E-state index contributed by atoms with van der Waals surface area (Å²) in [6.45, 7) is 0. The normalized spacial score (nSPS) is 15.4. The molecule has 0 saturated heterocycles. The molecule has 0 bridgehead atoms. The number of hydrogen-bond acceptors (Lipinski definition) is 2. The average Bonchev–Trinajstić information content (AvgIpc) is 2.17. The Morgan fingerprint density at radius 3 is 2.83 bits per heavy atom. The molecule has 0 unspecified atom stereocenters. The lowest BCUT2D eigenvalue weighted by molar-refractivity contribution is 0.329. The zero-order valence-corrected chi connectivity index (χ0v) is 7.05. The number of nitrogens with two attached hydrogens (primary N) is 1. The molecule has 2 heteroatoms. The highest BCUT2D eigenvalue weighted by Crippen LogP contribution is 2.28. The zero-order valence-electron chi connectivity index (χ0n) is 7.05. The first-order valence-electron chi connectivity index (χ1n) is 4.39. The van der Waals surface area contributed by atoms with Gasteiger partial charge in [-0.3, -0.25) is 0 Å². The molecule has 2 rings (SSSR count). The van der Waals surface area contributed by atoms with E-state index >= 15 is 0 Å². The fraction of sp³-hybridized carbons (Fsp3) is 0.400. The lowest BCUT2D eigenvalue weighted by Crippen LogP contribution is -2.09. The highest BCUT2D eigenvalue weighted by molar-refractivity contribution is 5.41.